The first-order valence-electron chi connectivity index (χ1n) is 7.58. The maximum absolute atomic E-state index is 13.5. The van der Waals surface area contributed by atoms with Crippen LogP contribution in [-0.2, 0) is 11.2 Å². The van der Waals surface area contributed by atoms with Crippen molar-refractivity contribution in [1.29, 1.82) is 0 Å². The Morgan fingerprint density at radius 2 is 2.04 bits per heavy atom. The van der Waals surface area contributed by atoms with Gasteiger partial charge < -0.3 is 5.32 Å². The standard InChI is InChI=1S/C18H17ClFNOS/c19-13-4-1-12(2-5-13)3-8-18(22)21-16-9-10-23-17-7-6-14(20)11-15(16)17/h1-2,4-7,11,16H,3,8-10H2,(H,21,22)/t16-/m1/s1. The molecule has 1 aliphatic heterocycles. The highest BCUT2D eigenvalue weighted by Gasteiger charge is 2.22. The van der Waals surface area contributed by atoms with E-state index in [1.807, 2.05) is 24.3 Å². The van der Waals surface area contributed by atoms with E-state index in [1.54, 1.807) is 17.8 Å². The van der Waals surface area contributed by atoms with E-state index >= 15 is 0 Å². The van der Waals surface area contributed by atoms with Gasteiger partial charge in [0.15, 0.2) is 0 Å². The van der Waals surface area contributed by atoms with E-state index in [4.69, 9.17) is 11.6 Å². The van der Waals surface area contributed by atoms with Gasteiger partial charge in [-0.1, -0.05) is 23.7 Å². The fourth-order valence-electron chi connectivity index (χ4n) is 2.69. The lowest BCUT2D eigenvalue weighted by atomic mass is 10.0. The van der Waals surface area contributed by atoms with Crippen molar-refractivity contribution < 1.29 is 9.18 Å². The number of thioether (sulfide) groups is 1. The quantitative estimate of drug-likeness (QED) is 0.861. The Morgan fingerprint density at radius 3 is 2.83 bits per heavy atom. The molecule has 2 aromatic rings. The second kappa shape index (κ2) is 7.37. The van der Waals surface area contributed by atoms with Crippen LogP contribution in [0.4, 0.5) is 4.39 Å². The second-order valence-corrected chi connectivity index (χ2v) is 7.14. The molecule has 1 amide bonds. The van der Waals surface area contributed by atoms with E-state index in [1.165, 1.54) is 12.1 Å². The SMILES string of the molecule is O=C(CCc1ccc(Cl)cc1)N[C@@H]1CCSc2ccc(F)cc21. The van der Waals surface area contributed by atoms with Crippen LogP contribution in [0.5, 0.6) is 0 Å². The zero-order chi connectivity index (χ0) is 16.2. The fourth-order valence-corrected chi connectivity index (χ4v) is 3.92. The molecule has 120 valence electrons. The molecule has 1 atom stereocenters. The van der Waals surface area contributed by atoms with Gasteiger partial charge in [0, 0.05) is 22.1 Å². The van der Waals surface area contributed by atoms with Gasteiger partial charge in [-0.3, -0.25) is 4.79 Å². The molecule has 0 saturated heterocycles. The number of halogens is 2. The van der Waals surface area contributed by atoms with Crippen LogP contribution < -0.4 is 5.32 Å². The van der Waals surface area contributed by atoms with Crippen LogP contribution in [0.15, 0.2) is 47.4 Å². The predicted molar refractivity (Wildman–Crippen MR) is 92.4 cm³/mol. The molecule has 0 spiro atoms. The third-order valence-electron chi connectivity index (χ3n) is 3.90. The van der Waals surface area contributed by atoms with Crippen LogP contribution in [0.25, 0.3) is 0 Å². The normalized spacial score (nSPS) is 16.7. The number of rotatable bonds is 4. The first-order chi connectivity index (χ1) is 11.1. The van der Waals surface area contributed by atoms with E-state index < -0.39 is 0 Å². The van der Waals surface area contributed by atoms with Crippen LogP contribution in [0.1, 0.15) is 30.0 Å². The van der Waals surface area contributed by atoms with Crippen LogP contribution in [0, 0.1) is 5.82 Å². The lowest BCUT2D eigenvalue weighted by Crippen LogP contribution is -2.30. The Labute approximate surface area is 144 Å². The van der Waals surface area contributed by atoms with Gasteiger partial charge in [-0.05, 0) is 54.3 Å². The predicted octanol–water partition coefficient (Wildman–Crippen LogP) is 4.77. The molecule has 2 nitrogen and oxygen atoms in total. The lowest BCUT2D eigenvalue weighted by Gasteiger charge is -2.26. The number of amides is 1. The molecule has 1 heterocycles. The van der Waals surface area contributed by atoms with E-state index in [-0.39, 0.29) is 17.8 Å². The summed E-state index contributed by atoms with van der Waals surface area (Å²) in [5.41, 5.74) is 1.97. The number of fused-ring (bicyclic) bond motifs is 1. The second-order valence-electron chi connectivity index (χ2n) is 5.57. The third-order valence-corrected chi connectivity index (χ3v) is 5.28. The number of carbonyl (C=O) groups is 1. The molecule has 0 fully saturated rings. The minimum atomic E-state index is -0.258. The Balaban J connectivity index is 1.60. The highest BCUT2D eigenvalue weighted by molar-refractivity contribution is 7.99. The van der Waals surface area contributed by atoms with Crippen molar-refractivity contribution in [3.05, 3.63) is 64.4 Å². The summed E-state index contributed by atoms with van der Waals surface area (Å²) in [4.78, 5) is 13.3. The maximum atomic E-state index is 13.5. The zero-order valence-electron chi connectivity index (χ0n) is 12.5. The molecular formula is C18H17ClFNOS. The maximum Gasteiger partial charge on any atom is 0.220 e. The third kappa shape index (κ3) is 4.27. The highest BCUT2D eigenvalue weighted by atomic mass is 35.5. The van der Waals surface area contributed by atoms with E-state index in [2.05, 4.69) is 5.32 Å². The van der Waals surface area contributed by atoms with Gasteiger partial charge >= 0.3 is 0 Å². The molecule has 2 aromatic carbocycles. The van der Waals surface area contributed by atoms with Crippen molar-refractivity contribution in [2.75, 3.05) is 5.75 Å². The molecule has 0 radical (unpaired) electrons. The van der Waals surface area contributed by atoms with Gasteiger partial charge in [0.05, 0.1) is 6.04 Å². The molecule has 0 aromatic heterocycles. The highest BCUT2D eigenvalue weighted by Crippen LogP contribution is 2.36. The molecular weight excluding hydrogens is 333 g/mol. The van der Waals surface area contributed by atoms with Crippen molar-refractivity contribution >= 4 is 29.3 Å². The average Bonchev–Trinajstić information content (AvgIpc) is 2.55. The Morgan fingerprint density at radius 1 is 1.26 bits per heavy atom. The van der Waals surface area contributed by atoms with Crippen molar-refractivity contribution in [2.45, 2.75) is 30.2 Å². The summed E-state index contributed by atoms with van der Waals surface area (Å²) in [6, 6.07) is 12.2. The molecule has 1 N–H and O–H groups in total. The van der Waals surface area contributed by atoms with Crippen LogP contribution in [-0.4, -0.2) is 11.7 Å². The summed E-state index contributed by atoms with van der Waals surface area (Å²) in [7, 11) is 0. The van der Waals surface area contributed by atoms with Gasteiger partial charge in [-0.2, -0.15) is 0 Å². The number of aryl methyl sites for hydroxylation is 1. The summed E-state index contributed by atoms with van der Waals surface area (Å²) in [6.07, 6.45) is 1.91. The average molecular weight is 350 g/mol. The molecule has 0 unspecified atom stereocenters. The first-order valence-corrected chi connectivity index (χ1v) is 8.94. The van der Waals surface area contributed by atoms with Crippen LogP contribution >= 0.6 is 23.4 Å². The van der Waals surface area contributed by atoms with Crippen molar-refractivity contribution in [3.8, 4) is 0 Å². The molecule has 0 bridgehead atoms. The largest absolute Gasteiger partial charge is 0.349 e. The Hall–Kier alpha value is -1.52. The molecule has 1 aliphatic rings. The summed E-state index contributed by atoms with van der Waals surface area (Å²) in [5, 5.41) is 3.73. The number of hydrogen-bond acceptors (Lipinski definition) is 2. The van der Waals surface area contributed by atoms with Crippen LogP contribution in [0.2, 0.25) is 5.02 Å². The van der Waals surface area contributed by atoms with Gasteiger partial charge in [-0.15, -0.1) is 11.8 Å². The molecule has 23 heavy (non-hydrogen) atoms. The van der Waals surface area contributed by atoms with E-state index in [9.17, 15) is 9.18 Å². The number of benzene rings is 2. The van der Waals surface area contributed by atoms with E-state index in [0.717, 1.165) is 28.2 Å². The Kier molecular flexibility index (Phi) is 5.23. The number of hydrogen-bond donors (Lipinski definition) is 1. The smallest absolute Gasteiger partial charge is 0.220 e. The minimum Gasteiger partial charge on any atom is -0.349 e. The van der Waals surface area contributed by atoms with Crippen molar-refractivity contribution in [2.24, 2.45) is 0 Å². The van der Waals surface area contributed by atoms with Crippen molar-refractivity contribution in [1.82, 2.24) is 5.32 Å². The Bertz CT molecular complexity index is 705. The summed E-state index contributed by atoms with van der Waals surface area (Å²) < 4.78 is 13.5. The lowest BCUT2D eigenvalue weighted by molar-refractivity contribution is -0.121. The summed E-state index contributed by atoms with van der Waals surface area (Å²) in [6.45, 7) is 0. The zero-order valence-corrected chi connectivity index (χ0v) is 14.1. The summed E-state index contributed by atoms with van der Waals surface area (Å²) in [5.74, 6) is 0.666. The monoisotopic (exact) mass is 349 g/mol. The van der Waals surface area contributed by atoms with Gasteiger partial charge in [0.2, 0.25) is 5.91 Å². The molecule has 0 aliphatic carbocycles. The van der Waals surface area contributed by atoms with Crippen LogP contribution in [0.3, 0.4) is 0 Å². The van der Waals surface area contributed by atoms with Crippen molar-refractivity contribution in [3.63, 3.8) is 0 Å². The minimum absolute atomic E-state index is 0.00735. The van der Waals surface area contributed by atoms with Gasteiger partial charge in [0.1, 0.15) is 5.82 Å². The molecule has 0 saturated carbocycles. The number of nitrogens with one attached hydrogen (secondary N) is 1. The van der Waals surface area contributed by atoms with Gasteiger partial charge in [0.25, 0.3) is 0 Å². The topological polar surface area (TPSA) is 29.1 Å². The molecule has 5 heteroatoms. The fraction of sp³-hybridized carbons (Fsp3) is 0.278. The first kappa shape index (κ1) is 16.3. The molecule has 3 rings (SSSR count). The van der Waals surface area contributed by atoms with Gasteiger partial charge in [-0.25, -0.2) is 4.39 Å². The summed E-state index contributed by atoms with van der Waals surface area (Å²) >= 11 is 7.56. The number of carbonyl (C=O) groups excluding carboxylic acids is 1. The van der Waals surface area contributed by atoms with E-state index in [0.29, 0.717) is 17.9 Å².